The van der Waals surface area contributed by atoms with Gasteiger partial charge in [-0.2, -0.15) is 0 Å². The number of alkyl carbamates (subject to hydrolysis) is 2. The highest BCUT2D eigenvalue weighted by molar-refractivity contribution is 5.88. The largest absolute Gasteiger partial charge is 0.453 e. The van der Waals surface area contributed by atoms with Crippen LogP contribution in [0.5, 0.6) is 0 Å². The molecule has 4 amide bonds. The maximum Gasteiger partial charge on any atom is 0.407 e. The molecular formula is C44H54N8O6. The van der Waals surface area contributed by atoms with Crippen molar-refractivity contribution in [1.29, 1.82) is 0 Å². The van der Waals surface area contributed by atoms with Crippen LogP contribution in [0.15, 0.2) is 60.9 Å². The van der Waals surface area contributed by atoms with Gasteiger partial charge in [0.25, 0.3) is 0 Å². The van der Waals surface area contributed by atoms with E-state index in [2.05, 4.69) is 69.1 Å². The molecule has 4 bridgehead atoms. The molecule has 2 saturated heterocycles. The van der Waals surface area contributed by atoms with Crippen molar-refractivity contribution in [2.45, 2.75) is 102 Å². The normalized spacial score (nSPS) is 24.3. The summed E-state index contributed by atoms with van der Waals surface area (Å²) in [5.41, 5.74) is 5.88. The van der Waals surface area contributed by atoms with Crippen LogP contribution in [0.3, 0.4) is 0 Å². The Morgan fingerprint density at radius 2 is 0.966 bits per heavy atom. The van der Waals surface area contributed by atoms with E-state index in [1.165, 1.54) is 14.2 Å². The highest BCUT2D eigenvalue weighted by Crippen LogP contribution is 2.51. The van der Waals surface area contributed by atoms with Gasteiger partial charge in [0.05, 0.1) is 50.1 Å². The molecule has 2 aromatic carbocycles. The minimum atomic E-state index is -0.681. The number of imidazole rings is 2. The molecule has 2 aliphatic carbocycles. The Bertz CT molecular complexity index is 1990. The maximum atomic E-state index is 13.9. The zero-order valence-corrected chi connectivity index (χ0v) is 34.0. The van der Waals surface area contributed by atoms with Gasteiger partial charge in [-0.15, -0.1) is 0 Å². The molecule has 14 heteroatoms. The topological polar surface area (TPSA) is 175 Å². The molecule has 4 N–H and O–H groups in total. The van der Waals surface area contributed by atoms with Crippen molar-refractivity contribution >= 4 is 24.0 Å². The van der Waals surface area contributed by atoms with Crippen LogP contribution in [0.25, 0.3) is 33.6 Å². The van der Waals surface area contributed by atoms with Crippen LogP contribution in [-0.4, -0.2) is 92.1 Å². The van der Waals surface area contributed by atoms with E-state index >= 15 is 0 Å². The van der Waals surface area contributed by atoms with Gasteiger partial charge in [-0.25, -0.2) is 19.6 Å². The van der Waals surface area contributed by atoms with Gasteiger partial charge in [0.1, 0.15) is 23.7 Å². The highest BCUT2D eigenvalue weighted by Gasteiger charge is 2.53. The van der Waals surface area contributed by atoms with Crippen molar-refractivity contribution in [3.63, 3.8) is 0 Å². The first-order chi connectivity index (χ1) is 27.9. The Hall–Kier alpha value is -5.66. The highest BCUT2D eigenvalue weighted by atomic mass is 16.5. The number of benzene rings is 2. The fourth-order valence-corrected chi connectivity index (χ4v) is 9.99. The first-order valence-corrected chi connectivity index (χ1v) is 20.6. The molecule has 0 radical (unpaired) electrons. The number of aromatic amines is 2. The predicted molar refractivity (Wildman–Crippen MR) is 217 cm³/mol. The van der Waals surface area contributed by atoms with E-state index in [1.807, 2.05) is 49.9 Å². The third-order valence-corrected chi connectivity index (χ3v) is 12.9. The number of fused-ring (bicyclic) bond motifs is 4. The summed E-state index contributed by atoms with van der Waals surface area (Å²) in [7, 11) is 2.61. The monoisotopic (exact) mass is 790 g/mol. The van der Waals surface area contributed by atoms with Gasteiger partial charge in [-0.1, -0.05) is 76.2 Å². The molecule has 0 spiro atoms. The van der Waals surface area contributed by atoms with E-state index in [4.69, 9.17) is 19.4 Å². The minimum Gasteiger partial charge on any atom is -0.453 e. The van der Waals surface area contributed by atoms with Gasteiger partial charge in [0, 0.05) is 12.1 Å². The molecule has 4 heterocycles. The molecule has 8 atom stereocenters. The summed E-state index contributed by atoms with van der Waals surface area (Å²) in [6, 6.07) is 15.2. The molecule has 1 unspecified atom stereocenters. The quantitative estimate of drug-likeness (QED) is 0.126. The number of ether oxygens (including phenoxy) is 2. The molecule has 2 saturated carbocycles. The second-order valence-corrected chi connectivity index (χ2v) is 17.1. The summed E-state index contributed by atoms with van der Waals surface area (Å²) < 4.78 is 9.64. The van der Waals surface area contributed by atoms with E-state index in [9.17, 15) is 19.2 Å². The zero-order chi connectivity index (χ0) is 40.8. The Morgan fingerprint density at radius 3 is 1.31 bits per heavy atom. The van der Waals surface area contributed by atoms with Crippen molar-refractivity contribution in [3.8, 4) is 33.6 Å². The molecule has 8 rings (SSSR count). The average molecular weight is 791 g/mol. The number of H-pyrrole nitrogens is 2. The Morgan fingerprint density at radius 1 is 0.603 bits per heavy atom. The number of nitrogens with one attached hydrogen (secondary N) is 4. The summed E-state index contributed by atoms with van der Waals surface area (Å²) in [4.78, 5) is 72.7. The predicted octanol–water partition coefficient (Wildman–Crippen LogP) is 7.00. The van der Waals surface area contributed by atoms with E-state index in [-0.39, 0.29) is 47.8 Å². The van der Waals surface area contributed by atoms with Crippen molar-refractivity contribution in [3.05, 3.63) is 72.6 Å². The summed E-state index contributed by atoms with van der Waals surface area (Å²) in [6.07, 6.45) is 8.31. The fraction of sp³-hybridized carbons (Fsp3) is 0.500. The van der Waals surface area contributed by atoms with E-state index in [0.29, 0.717) is 11.8 Å². The van der Waals surface area contributed by atoms with Crippen LogP contribution in [0, 0.1) is 23.7 Å². The molecule has 2 aliphatic heterocycles. The number of nitrogens with zero attached hydrogens (tertiary/aromatic N) is 4. The average Bonchev–Trinajstić information content (AvgIpc) is 4.10. The van der Waals surface area contributed by atoms with Crippen LogP contribution < -0.4 is 10.6 Å². The van der Waals surface area contributed by atoms with Crippen molar-refractivity contribution < 1.29 is 28.7 Å². The number of rotatable bonds is 11. The van der Waals surface area contributed by atoms with Crippen LogP contribution in [0.1, 0.15) is 90.0 Å². The van der Waals surface area contributed by atoms with Gasteiger partial charge in [-0.3, -0.25) is 9.59 Å². The third-order valence-electron chi connectivity index (χ3n) is 12.9. The lowest BCUT2D eigenvalue weighted by Crippen LogP contribution is -2.54. The number of hydrogen-bond donors (Lipinski definition) is 4. The van der Waals surface area contributed by atoms with E-state index in [0.717, 1.165) is 83.8 Å². The molecule has 4 aromatic rings. The third kappa shape index (κ3) is 7.21. The summed E-state index contributed by atoms with van der Waals surface area (Å²) >= 11 is 0. The van der Waals surface area contributed by atoms with Crippen LogP contribution in [0.2, 0.25) is 0 Å². The summed E-state index contributed by atoms with van der Waals surface area (Å²) in [5, 5.41) is 5.51. The Labute approximate surface area is 338 Å². The van der Waals surface area contributed by atoms with Crippen molar-refractivity contribution in [2.24, 2.45) is 23.7 Å². The van der Waals surface area contributed by atoms with Crippen LogP contribution >= 0.6 is 0 Å². The maximum absolute atomic E-state index is 13.9. The molecule has 2 aromatic heterocycles. The zero-order valence-electron chi connectivity index (χ0n) is 34.0. The van der Waals surface area contributed by atoms with E-state index in [1.54, 1.807) is 0 Å². The first-order valence-electron chi connectivity index (χ1n) is 20.6. The molecule has 306 valence electrons. The first kappa shape index (κ1) is 39.2. The number of amides is 4. The smallest absolute Gasteiger partial charge is 0.407 e. The van der Waals surface area contributed by atoms with Crippen molar-refractivity contribution in [2.75, 3.05) is 14.2 Å². The number of carbonyl (C=O) groups is 4. The van der Waals surface area contributed by atoms with Gasteiger partial charge >= 0.3 is 12.2 Å². The number of likely N-dealkylation sites (tertiary alicyclic amines) is 2. The minimum absolute atomic E-state index is 0.0933. The molecule has 14 nitrogen and oxygen atoms in total. The van der Waals surface area contributed by atoms with Gasteiger partial charge in [-0.05, 0) is 84.5 Å². The number of piperidine rings is 2. The SMILES string of the molecule is COC(=O)NC(C(=O)N1[C@@H]2CC[C@@H](C2)[C@H]1c1ncc(-c2ccc(-c3ccc(-c4cnc([C@@H]5[C@H]6CC[C@H](C6)N5C(=O)[C@@H](NC(=O)OC)C(C)C)[nH]4)cc3)cc2)[nH]1)C(C)C. The van der Waals surface area contributed by atoms with Crippen LogP contribution in [-0.2, 0) is 19.1 Å². The number of hydrogen-bond acceptors (Lipinski definition) is 8. The second-order valence-electron chi connectivity index (χ2n) is 17.1. The number of aromatic nitrogens is 4. The summed E-state index contributed by atoms with van der Waals surface area (Å²) in [6.45, 7) is 7.71. The van der Waals surface area contributed by atoms with Crippen LogP contribution in [0.4, 0.5) is 9.59 Å². The Balaban J connectivity index is 0.951. The molecule has 58 heavy (non-hydrogen) atoms. The molecular weight excluding hydrogens is 737 g/mol. The number of methoxy groups -OCH3 is 2. The lowest BCUT2D eigenvalue weighted by Gasteiger charge is -2.37. The second kappa shape index (κ2) is 15.9. The fourth-order valence-electron chi connectivity index (χ4n) is 9.99. The molecule has 4 aliphatic rings. The Kier molecular flexibility index (Phi) is 10.8. The standard InChI is InChI=1S/C44H54N8O6/c1-23(2)35(49-43(55)57-5)41(53)51-31-17-15-29(19-31)37(51)39-45-21-33(47-39)27-11-7-25(8-12-27)26-9-13-28(14-10-26)34-22-46-40(48-34)38-30-16-18-32(20-30)52(38)42(54)36(24(3)4)50-44(56)58-6/h7-14,21-24,29-32,35-38H,15-20H2,1-6H3,(H,45,47)(H,46,48)(H,49,55)(H,50,56)/t29-,30-,31+,32+,35-,36?,37-,38-/m0/s1. The van der Waals surface area contributed by atoms with Gasteiger partial charge in [0.15, 0.2) is 0 Å². The van der Waals surface area contributed by atoms with E-state index < -0.39 is 24.3 Å². The van der Waals surface area contributed by atoms with Crippen molar-refractivity contribution in [1.82, 2.24) is 40.4 Å². The number of carbonyl (C=O) groups excluding carboxylic acids is 4. The summed E-state index contributed by atoms with van der Waals surface area (Å²) in [5.74, 6) is 1.78. The van der Waals surface area contributed by atoms with Gasteiger partial charge in [0.2, 0.25) is 11.8 Å². The molecule has 4 fully saturated rings. The lowest BCUT2D eigenvalue weighted by molar-refractivity contribution is -0.140. The lowest BCUT2D eigenvalue weighted by atomic mass is 9.95. The van der Waals surface area contributed by atoms with Gasteiger partial charge < -0.3 is 39.9 Å².